The standard InChI is InChI=1S/C13H18ClNO3/c1-7(2)8-5-12(18-3)10(14)4-9(8)11(15)6-13(16)17/h4-5,7,11H,6,15H2,1-3H3,(H,16,17). The maximum atomic E-state index is 10.7. The van der Waals surface area contributed by atoms with Crippen molar-refractivity contribution < 1.29 is 14.6 Å². The second-order valence-corrected chi connectivity index (χ2v) is 4.88. The van der Waals surface area contributed by atoms with Crippen LogP contribution in [0, 0.1) is 0 Å². The van der Waals surface area contributed by atoms with Crippen molar-refractivity contribution in [3.05, 3.63) is 28.3 Å². The number of hydrogen-bond acceptors (Lipinski definition) is 3. The largest absolute Gasteiger partial charge is 0.495 e. The molecule has 0 radical (unpaired) electrons. The summed E-state index contributed by atoms with van der Waals surface area (Å²) in [4.78, 5) is 10.7. The Morgan fingerprint density at radius 1 is 1.44 bits per heavy atom. The van der Waals surface area contributed by atoms with Crippen molar-refractivity contribution in [1.29, 1.82) is 0 Å². The van der Waals surface area contributed by atoms with Gasteiger partial charge in [-0.1, -0.05) is 25.4 Å². The Balaban J connectivity index is 3.24. The molecule has 0 bridgehead atoms. The first-order valence-corrected chi connectivity index (χ1v) is 6.09. The van der Waals surface area contributed by atoms with E-state index < -0.39 is 12.0 Å². The first-order valence-electron chi connectivity index (χ1n) is 5.71. The predicted octanol–water partition coefficient (Wildman–Crippen LogP) is 2.95. The highest BCUT2D eigenvalue weighted by Gasteiger charge is 2.19. The summed E-state index contributed by atoms with van der Waals surface area (Å²) in [5, 5.41) is 9.25. The number of carboxylic acid groups (broad SMARTS) is 1. The highest BCUT2D eigenvalue weighted by molar-refractivity contribution is 6.32. The molecule has 0 saturated carbocycles. The van der Waals surface area contributed by atoms with Gasteiger partial charge in [0.2, 0.25) is 0 Å². The monoisotopic (exact) mass is 271 g/mol. The van der Waals surface area contributed by atoms with E-state index in [9.17, 15) is 4.79 Å². The molecule has 3 N–H and O–H groups in total. The first-order chi connectivity index (χ1) is 8.36. The Bertz CT molecular complexity index is 446. The van der Waals surface area contributed by atoms with E-state index >= 15 is 0 Å². The summed E-state index contributed by atoms with van der Waals surface area (Å²) < 4.78 is 5.16. The second kappa shape index (κ2) is 6.07. The van der Waals surface area contributed by atoms with Crippen molar-refractivity contribution >= 4 is 17.6 Å². The van der Waals surface area contributed by atoms with E-state index in [0.717, 1.165) is 11.1 Å². The molecule has 0 aromatic heterocycles. The number of carboxylic acids is 1. The topological polar surface area (TPSA) is 72.5 Å². The minimum absolute atomic E-state index is 0.123. The van der Waals surface area contributed by atoms with Gasteiger partial charge in [0.1, 0.15) is 5.75 Å². The van der Waals surface area contributed by atoms with Crippen LogP contribution in [0.1, 0.15) is 43.4 Å². The zero-order chi connectivity index (χ0) is 13.9. The van der Waals surface area contributed by atoms with Gasteiger partial charge < -0.3 is 15.6 Å². The Kier molecular flexibility index (Phi) is 4.99. The average molecular weight is 272 g/mol. The third-order valence-electron chi connectivity index (χ3n) is 2.77. The zero-order valence-corrected chi connectivity index (χ0v) is 11.5. The van der Waals surface area contributed by atoms with Crippen LogP contribution < -0.4 is 10.5 Å². The molecule has 0 amide bonds. The molecule has 1 unspecified atom stereocenters. The summed E-state index contributed by atoms with van der Waals surface area (Å²) in [7, 11) is 1.54. The molecule has 0 spiro atoms. The summed E-state index contributed by atoms with van der Waals surface area (Å²) in [6.45, 7) is 4.03. The van der Waals surface area contributed by atoms with Gasteiger partial charge >= 0.3 is 5.97 Å². The summed E-state index contributed by atoms with van der Waals surface area (Å²) >= 11 is 6.06. The fourth-order valence-electron chi connectivity index (χ4n) is 1.86. The van der Waals surface area contributed by atoms with Gasteiger partial charge in [-0.3, -0.25) is 4.79 Å². The number of ether oxygens (including phenoxy) is 1. The van der Waals surface area contributed by atoms with Crippen molar-refractivity contribution in [2.45, 2.75) is 32.2 Å². The van der Waals surface area contributed by atoms with Crippen LogP contribution >= 0.6 is 11.6 Å². The lowest BCUT2D eigenvalue weighted by atomic mass is 9.91. The van der Waals surface area contributed by atoms with Crippen LogP contribution in [-0.2, 0) is 4.79 Å². The van der Waals surface area contributed by atoms with Crippen LogP contribution in [0.4, 0.5) is 0 Å². The van der Waals surface area contributed by atoms with Crippen molar-refractivity contribution in [2.24, 2.45) is 5.73 Å². The normalized spacial score (nSPS) is 12.6. The van der Waals surface area contributed by atoms with E-state index in [1.54, 1.807) is 13.2 Å². The molecule has 18 heavy (non-hydrogen) atoms. The minimum Gasteiger partial charge on any atom is -0.495 e. The van der Waals surface area contributed by atoms with Gasteiger partial charge in [-0.05, 0) is 29.2 Å². The van der Waals surface area contributed by atoms with Crippen LogP contribution in [-0.4, -0.2) is 18.2 Å². The highest BCUT2D eigenvalue weighted by atomic mass is 35.5. The second-order valence-electron chi connectivity index (χ2n) is 4.47. The quantitative estimate of drug-likeness (QED) is 0.864. The van der Waals surface area contributed by atoms with Crippen molar-refractivity contribution in [1.82, 2.24) is 0 Å². The number of rotatable bonds is 5. The SMILES string of the molecule is COc1cc(C(C)C)c(C(N)CC(=O)O)cc1Cl. The van der Waals surface area contributed by atoms with Crippen molar-refractivity contribution in [3.8, 4) is 5.75 Å². The molecule has 0 saturated heterocycles. The third-order valence-corrected chi connectivity index (χ3v) is 3.07. The molecular weight excluding hydrogens is 254 g/mol. The first kappa shape index (κ1) is 14.8. The van der Waals surface area contributed by atoms with Gasteiger partial charge in [0.05, 0.1) is 18.6 Å². The van der Waals surface area contributed by atoms with Gasteiger partial charge in [0.25, 0.3) is 0 Å². The molecule has 5 heteroatoms. The van der Waals surface area contributed by atoms with Crippen LogP contribution in [0.3, 0.4) is 0 Å². The Morgan fingerprint density at radius 2 is 2.06 bits per heavy atom. The van der Waals surface area contributed by atoms with Crippen LogP contribution in [0.5, 0.6) is 5.75 Å². The predicted molar refractivity (Wildman–Crippen MR) is 71.3 cm³/mol. The number of benzene rings is 1. The maximum absolute atomic E-state index is 10.7. The molecule has 1 atom stereocenters. The molecule has 1 aromatic carbocycles. The lowest BCUT2D eigenvalue weighted by Gasteiger charge is -2.19. The van der Waals surface area contributed by atoms with Gasteiger partial charge in [0.15, 0.2) is 0 Å². The number of halogens is 1. The summed E-state index contributed by atoms with van der Waals surface area (Å²) in [6, 6.07) is 2.95. The molecule has 0 aliphatic carbocycles. The van der Waals surface area contributed by atoms with Crippen molar-refractivity contribution in [2.75, 3.05) is 7.11 Å². The molecule has 1 aromatic rings. The Labute approximate surface area is 112 Å². The van der Waals surface area contributed by atoms with E-state index in [2.05, 4.69) is 0 Å². The smallest absolute Gasteiger partial charge is 0.305 e. The molecular formula is C13H18ClNO3. The fourth-order valence-corrected chi connectivity index (χ4v) is 2.11. The minimum atomic E-state index is -0.927. The Morgan fingerprint density at radius 3 is 2.50 bits per heavy atom. The van der Waals surface area contributed by atoms with Gasteiger partial charge in [-0.2, -0.15) is 0 Å². The number of hydrogen-bond donors (Lipinski definition) is 2. The number of carbonyl (C=O) groups is 1. The van der Waals surface area contributed by atoms with Gasteiger partial charge in [0, 0.05) is 6.04 Å². The highest BCUT2D eigenvalue weighted by Crippen LogP contribution is 2.34. The summed E-state index contributed by atoms with van der Waals surface area (Å²) in [5.74, 6) is -0.137. The molecule has 0 aliphatic heterocycles. The number of aliphatic carboxylic acids is 1. The molecule has 1 rings (SSSR count). The van der Waals surface area contributed by atoms with E-state index in [0.29, 0.717) is 10.8 Å². The third kappa shape index (κ3) is 3.37. The van der Waals surface area contributed by atoms with E-state index in [4.69, 9.17) is 27.2 Å². The van der Waals surface area contributed by atoms with Crippen molar-refractivity contribution in [3.63, 3.8) is 0 Å². The van der Waals surface area contributed by atoms with Crippen LogP contribution in [0.15, 0.2) is 12.1 Å². The van der Waals surface area contributed by atoms with E-state index in [-0.39, 0.29) is 12.3 Å². The lowest BCUT2D eigenvalue weighted by molar-refractivity contribution is -0.137. The summed E-state index contributed by atoms with van der Waals surface area (Å²) in [5.41, 5.74) is 7.64. The summed E-state index contributed by atoms with van der Waals surface area (Å²) in [6.07, 6.45) is -0.123. The van der Waals surface area contributed by atoms with Crippen LogP contribution in [0.25, 0.3) is 0 Å². The maximum Gasteiger partial charge on any atom is 0.305 e. The molecule has 0 fully saturated rings. The molecule has 4 nitrogen and oxygen atoms in total. The fraction of sp³-hybridized carbons (Fsp3) is 0.462. The van der Waals surface area contributed by atoms with Gasteiger partial charge in [-0.15, -0.1) is 0 Å². The van der Waals surface area contributed by atoms with Gasteiger partial charge in [-0.25, -0.2) is 0 Å². The lowest BCUT2D eigenvalue weighted by Crippen LogP contribution is -2.17. The zero-order valence-electron chi connectivity index (χ0n) is 10.7. The number of nitrogens with two attached hydrogens (primary N) is 1. The average Bonchev–Trinajstić information content (AvgIpc) is 2.27. The van der Waals surface area contributed by atoms with E-state index in [1.807, 2.05) is 19.9 Å². The van der Waals surface area contributed by atoms with Crippen LogP contribution in [0.2, 0.25) is 5.02 Å². The molecule has 0 heterocycles. The molecule has 0 aliphatic rings. The Hall–Kier alpha value is -1.26. The number of methoxy groups -OCH3 is 1. The van der Waals surface area contributed by atoms with E-state index in [1.165, 1.54) is 0 Å². The molecule has 100 valence electrons.